The Morgan fingerprint density at radius 1 is 1.15 bits per heavy atom. The first-order chi connectivity index (χ1) is 9.41. The molecule has 6 heteroatoms. The lowest BCUT2D eigenvalue weighted by Gasteiger charge is -2.17. The van der Waals surface area contributed by atoms with E-state index in [1.165, 1.54) is 19.2 Å². The molecule has 0 unspecified atom stereocenters. The first-order valence-electron chi connectivity index (χ1n) is 5.86. The topological polar surface area (TPSA) is 37.4 Å². The molecule has 0 N–H and O–H groups in total. The monoisotopic (exact) mass is 313 g/mol. The summed E-state index contributed by atoms with van der Waals surface area (Å²) in [4.78, 5) is -0.375. The summed E-state index contributed by atoms with van der Waals surface area (Å²) in [7, 11) is -2.47. The van der Waals surface area contributed by atoms with Crippen LogP contribution in [-0.4, -0.2) is 19.8 Å². The molecule has 0 radical (unpaired) electrons. The van der Waals surface area contributed by atoms with Gasteiger partial charge >= 0.3 is 0 Å². The van der Waals surface area contributed by atoms with Crippen molar-refractivity contribution in [3.63, 3.8) is 0 Å². The molecule has 20 heavy (non-hydrogen) atoms. The van der Waals surface area contributed by atoms with Gasteiger partial charge in [0.2, 0.25) is 10.0 Å². The molecule has 0 aromatic heterocycles. The fourth-order valence-corrected chi connectivity index (χ4v) is 3.14. The van der Waals surface area contributed by atoms with Crippen molar-refractivity contribution in [1.82, 2.24) is 4.31 Å². The number of benzene rings is 2. The highest BCUT2D eigenvalue weighted by Gasteiger charge is 2.24. The van der Waals surface area contributed by atoms with Crippen LogP contribution < -0.4 is 0 Å². The Morgan fingerprint density at radius 3 is 2.40 bits per heavy atom. The molecule has 0 aliphatic heterocycles. The average molecular weight is 314 g/mol. The average Bonchev–Trinajstić information content (AvgIpc) is 2.39. The lowest BCUT2D eigenvalue weighted by Crippen LogP contribution is -2.27. The summed E-state index contributed by atoms with van der Waals surface area (Å²) >= 11 is 5.63. The van der Waals surface area contributed by atoms with Crippen LogP contribution in [0.25, 0.3) is 0 Å². The van der Waals surface area contributed by atoms with Crippen LogP contribution >= 0.6 is 11.6 Å². The maximum atomic E-state index is 13.8. The zero-order valence-electron chi connectivity index (χ0n) is 10.8. The van der Waals surface area contributed by atoms with E-state index in [4.69, 9.17) is 11.6 Å². The smallest absolute Gasteiger partial charge is 0.207 e. The minimum absolute atomic E-state index is 0.159. The molecule has 0 aliphatic carbocycles. The predicted molar refractivity (Wildman–Crippen MR) is 76.5 cm³/mol. The van der Waals surface area contributed by atoms with Gasteiger partial charge in [-0.15, -0.1) is 0 Å². The summed E-state index contributed by atoms with van der Waals surface area (Å²) in [5.74, 6) is -0.850. The zero-order chi connectivity index (χ0) is 14.8. The van der Waals surface area contributed by atoms with Crippen LogP contribution in [-0.2, 0) is 16.6 Å². The third-order valence-corrected chi connectivity index (χ3v) is 4.90. The van der Waals surface area contributed by atoms with Gasteiger partial charge in [0.1, 0.15) is 10.7 Å². The summed E-state index contributed by atoms with van der Waals surface area (Å²) in [6.45, 7) is 0.172. The number of sulfonamides is 1. The van der Waals surface area contributed by atoms with Crippen LogP contribution in [0.4, 0.5) is 4.39 Å². The number of halogens is 2. The van der Waals surface area contributed by atoms with Crippen molar-refractivity contribution < 1.29 is 12.8 Å². The number of hydrogen-bond donors (Lipinski definition) is 0. The van der Waals surface area contributed by atoms with Crippen molar-refractivity contribution in [2.24, 2.45) is 0 Å². The van der Waals surface area contributed by atoms with Gasteiger partial charge in [0.05, 0.1) is 0 Å². The second-order valence-electron chi connectivity index (χ2n) is 4.32. The Morgan fingerprint density at radius 2 is 1.80 bits per heavy atom. The molecule has 0 bridgehead atoms. The second-order valence-corrected chi connectivity index (χ2v) is 6.77. The molecule has 0 aliphatic rings. The van der Waals surface area contributed by atoms with E-state index in [0.717, 1.165) is 15.9 Å². The lowest BCUT2D eigenvalue weighted by atomic mass is 10.2. The minimum atomic E-state index is -3.88. The van der Waals surface area contributed by atoms with Gasteiger partial charge in [-0.05, 0) is 23.8 Å². The Labute approximate surface area is 122 Å². The third kappa shape index (κ3) is 3.17. The molecule has 2 aromatic carbocycles. The van der Waals surface area contributed by atoms with Crippen LogP contribution in [0.5, 0.6) is 0 Å². The van der Waals surface area contributed by atoms with E-state index < -0.39 is 15.8 Å². The first kappa shape index (κ1) is 15.0. The highest BCUT2D eigenvalue weighted by atomic mass is 35.5. The maximum absolute atomic E-state index is 13.8. The van der Waals surface area contributed by atoms with Crippen LogP contribution in [0.1, 0.15) is 5.56 Å². The summed E-state index contributed by atoms with van der Waals surface area (Å²) in [6.07, 6.45) is 0. The van der Waals surface area contributed by atoms with E-state index in [9.17, 15) is 12.8 Å². The number of rotatable bonds is 4. The molecule has 0 heterocycles. The second kappa shape index (κ2) is 5.91. The van der Waals surface area contributed by atoms with Crippen LogP contribution in [0.3, 0.4) is 0 Å². The predicted octanol–water partition coefficient (Wildman–Crippen LogP) is 3.30. The van der Waals surface area contributed by atoms with Crippen LogP contribution in [0.2, 0.25) is 5.02 Å². The maximum Gasteiger partial charge on any atom is 0.246 e. The Balaban J connectivity index is 2.30. The normalized spacial score (nSPS) is 11.8. The van der Waals surface area contributed by atoms with Gasteiger partial charge in [-0.3, -0.25) is 0 Å². The molecule has 3 nitrogen and oxygen atoms in total. The molecular weight excluding hydrogens is 301 g/mol. The fourth-order valence-electron chi connectivity index (χ4n) is 1.78. The van der Waals surface area contributed by atoms with E-state index in [1.807, 2.05) is 30.3 Å². The highest BCUT2D eigenvalue weighted by molar-refractivity contribution is 7.89. The molecule has 0 fully saturated rings. The molecule has 2 rings (SSSR count). The molecule has 0 spiro atoms. The Bertz CT molecular complexity index is 704. The highest BCUT2D eigenvalue weighted by Crippen LogP contribution is 2.22. The van der Waals surface area contributed by atoms with Crippen LogP contribution in [0.15, 0.2) is 53.4 Å². The SMILES string of the molecule is CN(Cc1ccccc1)S(=O)(=O)c1ccc(Cl)cc1F. The molecule has 2 aromatic rings. The van der Waals surface area contributed by atoms with Gasteiger partial charge < -0.3 is 0 Å². The van der Waals surface area contributed by atoms with Crippen molar-refractivity contribution in [1.29, 1.82) is 0 Å². The van der Waals surface area contributed by atoms with Crippen molar-refractivity contribution in [2.75, 3.05) is 7.05 Å². The van der Waals surface area contributed by atoms with E-state index in [-0.39, 0.29) is 16.5 Å². The standard InChI is InChI=1S/C14H13ClFNO2S/c1-17(10-11-5-3-2-4-6-11)20(18,19)14-8-7-12(15)9-13(14)16/h2-9H,10H2,1H3. The van der Waals surface area contributed by atoms with Crippen molar-refractivity contribution >= 4 is 21.6 Å². The summed E-state index contributed by atoms with van der Waals surface area (Å²) in [5.41, 5.74) is 0.827. The van der Waals surface area contributed by atoms with Crippen molar-refractivity contribution in [2.45, 2.75) is 11.4 Å². The summed E-state index contributed by atoms with van der Waals surface area (Å²) in [6, 6.07) is 12.6. The fraction of sp³-hybridized carbons (Fsp3) is 0.143. The number of nitrogens with zero attached hydrogens (tertiary/aromatic N) is 1. The van der Waals surface area contributed by atoms with E-state index in [2.05, 4.69) is 0 Å². The summed E-state index contributed by atoms with van der Waals surface area (Å²) < 4.78 is 39.5. The third-order valence-electron chi connectivity index (χ3n) is 2.83. The van der Waals surface area contributed by atoms with Gasteiger partial charge in [-0.25, -0.2) is 12.8 Å². The first-order valence-corrected chi connectivity index (χ1v) is 7.68. The Hall–Kier alpha value is -1.43. The molecule has 106 valence electrons. The molecule has 0 saturated heterocycles. The van der Waals surface area contributed by atoms with Crippen molar-refractivity contribution in [3.05, 3.63) is 64.9 Å². The molecule has 0 saturated carbocycles. The van der Waals surface area contributed by atoms with Gasteiger partial charge in [0.25, 0.3) is 0 Å². The van der Waals surface area contributed by atoms with Gasteiger partial charge in [0, 0.05) is 18.6 Å². The van der Waals surface area contributed by atoms with E-state index >= 15 is 0 Å². The minimum Gasteiger partial charge on any atom is -0.207 e. The van der Waals surface area contributed by atoms with Gasteiger partial charge in [0.15, 0.2) is 0 Å². The van der Waals surface area contributed by atoms with Crippen LogP contribution in [0, 0.1) is 5.82 Å². The van der Waals surface area contributed by atoms with E-state index in [0.29, 0.717) is 0 Å². The largest absolute Gasteiger partial charge is 0.246 e. The van der Waals surface area contributed by atoms with Gasteiger partial charge in [-0.2, -0.15) is 4.31 Å². The quantitative estimate of drug-likeness (QED) is 0.868. The molecule has 0 atom stereocenters. The Kier molecular flexibility index (Phi) is 4.42. The molecule has 0 amide bonds. The lowest BCUT2D eigenvalue weighted by molar-refractivity contribution is 0.460. The molecular formula is C14H13ClFNO2S. The van der Waals surface area contributed by atoms with Crippen molar-refractivity contribution in [3.8, 4) is 0 Å². The zero-order valence-corrected chi connectivity index (χ0v) is 12.3. The number of hydrogen-bond acceptors (Lipinski definition) is 2. The summed E-state index contributed by atoms with van der Waals surface area (Å²) in [5, 5.41) is 0.159. The van der Waals surface area contributed by atoms with E-state index in [1.54, 1.807) is 0 Å². The van der Waals surface area contributed by atoms with Gasteiger partial charge in [-0.1, -0.05) is 41.9 Å².